The van der Waals surface area contributed by atoms with Gasteiger partial charge < -0.3 is 4.42 Å². The lowest BCUT2D eigenvalue weighted by molar-refractivity contribution is 0.669. The summed E-state index contributed by atoms with van der Waals surface area (Å²) in [6.45, 7) is 0. The van der Waals surface area contributed by atoms with Crippen molar-refractivity contribution in [1.82, 2.24) is 0 Å². The second kappa shape index (κ2) is 12.0. The quantitative estimate of drug-likeness (QED) is 0.169. The van der Waals surface area contributed by atoms with Crippen LogP contribution in [-0.2, 0) is 0 Å². The number of hydrogen-bond acceptors (Lipinski definition) is 1. The van der Waals surface area contributed by atoms with Gasteiger partial charge in [-0.25, -0.2) is 0 Å². The van der Waals surface area contributed by atoms with Crippen molar-refractivity contribution < 1.29 is 4.42 Å². The molecule has 0 aliphatic heterocycles. The van der Waals surface area contributed by atoms with Gasteiger partial charge in [0.25, 0.3) is 0 Å². The highest BCUT2D eigenvalue weighted by molar-refractivity contribution is 6.27. The van der Waals surface area contributed by atoms with Crippen LogP contribution in [0, 0.1) is 0 Å². The number of rotatable bonds is 5. The van der Waals surface area contributed by atoms with Crippen LogP contribution >= 0.6 is 0 Å². The molecule has 10 rings (SSSR count). The fraction of sp³-hybridized carbons (Fsp3) is 0. The molecule has 238 valence electrons. The van der Waals surface area contributed by atoms with Crippen molar-refractivity contribution in [3.8, 4) is 55.6 Å². The lowest BCUT2D eigenvalue weighted by atomic mass is 9.79. The number of furan rings is 1. The van der Waals surface area contributed by atoms with Crippen LogP contribution in [0.25, 0.3) is 99.1 Å². The van der Waals surface area contributed by atoms with E-state index in [0.29, 0.717) is 0 Å². The summed E-state index contributed by atoms with van der Waals surface area (Å²) in [5.74, 6) is 0. The number of fused-ring (bicyclic) bond motifs is 5. The summed E-state index contributed by atoms with van der Waals surface area (Å²) in [7, 11) is 0. The van der Waals surface area contributed by atoms with Crippen molar-refractivity contribution in [2.45, 2.75) is 0 Å². The average molecular weight is 649 g/mol. The second-order valence-corrected chi connectivity index (χ2v) is 13.1. The molecule has 0 radical (unpaired) electrons. The molecule has 0 spiro atoms. The molecular weight excluding hydrogens is 617 g/mol. The zero-order chi connectivity index (χ0) is 33.7. The van der Waals surface area contributed by atoms with Crippen LogP contribution in [0.4, 0.5) is 0 Å². The van der Waals surface area contributed by atoms with E-state index in [1.165, 1.54) is 60.5 Å². The van der Waals surface area contributed by atoms with Gasteiger partial charge in [0, 0.05) is 16.3 Å². The molecule has 0 aliphatic rings. The summed E-state index contributed by atoms with van der Waals surface area (Å²) in [5, 5.41) is 7.15. The van der Waals surface area contributed by atoms with E-state index in [4.69, 9.17) is 4.42 Å². The second-order valence-electron chi connectivity index (χ2n) is 13.1. The van der Waals surface area contributed by atoms with E-state index in [2.05, 4.69) is 194 Å². The predicted octanol–water partition coefficient (Wildman–Crippen LogP) is 14.2. The van der Waals surface area contributed by atoms with Crippen LogP contribution in [-0.4, -0.2) is 0 Å². The fourth-order valence-electron chi connectivity index (χ4n) is 8.14. The first-order chi connectivity index (χ1) is 25.3. The molecule has 0 saturated carbocycles. The van der Waals surface area contributed by atoms with Crippen LogP contribution in [0.3, 0.4) is 0 Å². The average Bonchev–Trinajstić information content (AvgIpc) is 3.58. The number of hydrogen-bond donors (Lipinski definition) is 0. The van der Waals surface area contributed by atoms with Gasteiger partial charge in [0.1, 0.15) is 11.2 Å². The van der Waals surface area contributed by atoms with Crippen molar-refractivity contribution in [3.05, 3.63) is 194 Å². The maximum atomic E-state index is 6.67. The molecule has 9 aromatic carbocycles. The highest BCUT2D eigenvalue weighted by Crippen LogP contribution is 2.53. The molecule has 0 saturated heterocycles. The predicted molar refractivity (Wildman–Crippen MR) is 216 cm³/mol. The Morgan fingerprint density at radius 3 is 1.27 bits per heavy atom. The highest BCUT2D eigenvalue weighted by atomic mass is 16.3. The Morgan fingerprint density at radius 1 is 0.255 bits per heavy atom. The Labute approximate surface area is 296 Å². The van der Waals surface area contributed by atoms with Crippen LogP contribution in [0.2, 0.25) is 0 Å². The summed E-state index contributed by atoms with van der Waals surface area (Å²) in [4.78, 5) is 0. The molecular formula is C50H32O. The maximum Gasteiger partial charge on any atom is 0.136 e. The summed E-state index contributed by atoms with van der Waals surface area (Å²) < 4.78 is 6.67. The smallest absolute Gasteiger partial charge is 0.136 e. The molecule has 0 N–H and O–H groups in total. The third kappa shape index (κ3) is 4.70. The van der Waals surface area contributed by atoms with E-state index in [1.807, 2.05) is 0 Å². The molecule has 0 fully saturated rings. The monoisotopic (exact) mass is 648 g/mol. The minimum absolute atomic E-state index is 0.889. The van der Waals surface area contributed by atoms with Gasteiger partial charge >= 0.3 is 0 Å². The molecule has 0 bridgehead atoms. The van der Waals surface area contributed by atoms with Crippen molar-refractivity contribution >= 4 is 43.5 Å². The molecule has 0 atom stereocenters. The Kier molecular flexibility index (Phi) is 6.89. The molecule has 1 nitrogen and oxygen atoms in total. The van der Waals surface area contributed by atoms with Crippen LogP contribution in [0.15, 0.2) is 199 Å². The van der Waals surface area contributed by atoms with Gasteiger partial charge in [0.2, 0.25) is 0 Å². The van der Waals surface area contributed by atoms with Gasteiger partial charge in [0.05, 0.1) is 0 Å². The molecule has 10 aromatic rings. The lowest BCUT2D eigenvalue weighted by Crippen LogP contribution is -1.96. The van der Waals surface area contributed by atoms with Crippen molar-refractivity contribution in [2.24, 2.45) is 0 Å². The Morgan fingerprint density at radius 2 is 0.686 bits per heavy atom. The Hall–Kier alpha value is -6.70. The minimum atomic E-state index is 0.889. The van der Waals surface area contributed by atoms with Crippen molar-refractivity contribution in [3.63, 3.8) is 0 Å². The standard InChI is InChI=1S/C50H32O/c1-4-18-33(19-5-1)36-24-10-11-25-37(36)47-38-26-12-14-28-40(38)48(41-29-15-13-27-39(41)47)50-43(34-20-6-2-7-21-34)32-45-49(42-30-16-17-31-44(42)51-45)46(50)35-22-8-3-9-23-35/h1-32H. The van der Waals surface area contributed by atoms with E-state index in [-0.39, 0.29) is 0 Å². The van der Waals surface area contributed by atoms with Gasteiger partial charge in [-0.3, -0.25) is 0 Å². The summed E-state index contributed by atoms with van der Waals surface area (Å²) in [5.41, 5.74) is 13.8. The van der Waals surface area contributed by atoms with E-state index in [0.717, 1.165) is 38.6 Å². The summed E-state index contributed by atoms with van der Waals surface area (Å²) >= 11 is 0. The normalized spacial score (nSPS) is 11.5. The molecule has 0 aliphatic carbocycles. The molecule has 1 aromatic heterocycles. The van der Waals surface area contributed by atoms with Gasteiger partial charge in [-0.1, -0.05) is 182 Å². The van der Waals surface area contributed by atoms with E-state index >= 15 is 0 Å². The Balaban J connectivity index is 1.43. The van der Waals surface area contributed by atoms with E-state index < -0.39 is 0 Å². The van der Waals surface area contributed by atoms with Gasteiger partial charge in [-0.2, -0.15) is 0 Å². The molecule has 1 heterocycles. The lowest BCUT2D eigenvalue weighted by Gasteiger charge is -2.23. The van der Waals surface area contributed by atoms with Crippen LogP contribution in [0.1, 0.15) is 0 Å². The van der Waals surface area contributed by atoms with Crippen molar-refractivity contribution in [1.29, 1.82) is 0 Å². The van der Waals surface area contributed by atoms with Gasteiger partial charge in [-0.15, -0.1) is 0 Å². The first kappa shape index (κ1) is 29.2. The summed E-state index contributed by atoms with van der Waals surface area (Å²) in [6, 6.07) is 69.9. The largest absolute Gasteiger partial charge is 0.456 e. The van der Waals surface area contributed by atoms with Gasteiger partial charge in [0.15, 0.2) is 0 Å². The van der Waals surface area contributed by atoms with E-state index in [9.17, 15) is 0 Å². The first-order valence-corrected chi connectivity index (χ1v) is 17.5. The van der Waals surface area contributed by atoms with Gasteiger partial charge in [-0.05, 0) is 83.7 Å². The maximum absolute atomic E-state index is 6.67. The zero-order valence-corrected chi connectivity index (χ0v) is 27.9. The minimum Gasteiger partial charge on any atom is -0.456 e. The number of benzene rings is 9. The van der Waals surface area contributed by atoms with E-state index in [1.54, 1.807) is 0 Å². The van der Waals surface area contributed by atoms with Crippen LogP contribution in [0.5, 0.6) is 0 Å². The Bertz CT molecular complexity index is 2830. The molecule has 0 unspecified atom stereocenters. The van der Waals surface area contributed by atoms with Crippen LogP contribution < -0.4 is 0 Å². The number of para-hydroxylation sites is 1. The highest BCUT2D eigenvalue weighted by Gasteiger charge is 2.26. The molecule has 1 heteroatoms. The molecule has 51 heavy (non-hydrogen) atoms. The fourth-order valence-corrected chi connectivity index (χ4v) is 8.14. The third-order valence-corrected chi connectivity index (χ3v) is 10.3. The summed E-state index contributed by atoms with van der Waals surface area (Å²) in [6.07, 6.45) is 0. The van der Waals surface area contributed by atoms with Crippen molar-refractivity contribution in [2.75, 3.05) is 0 Å². The third-order valence-electron chi connectivity index (χ3n) is 10.3. The molecule has 0 amide bonds. The SMILES string of the molecule is c1ccc(-c2ccccc2-c2c3ccccc3c(-c3c(-c4ccccc4)cc4oc5ccccc5c4c3-c3ccccc3)c3ccccc23)cc1. The zero-order valence-electron chi connectivity index (χ0n) is 27.9. The first-order valence-electron chi connectivity index (χ1n) is 17.5. The topological polar surface area (TPSA) is 13.1 Å².